The van der Waals surface area contributed by atoms with E-state index in [-0.39, 0.29) is 24.0 Å². The zero-order valence-electron chi connectivity index (χ0n) is 11.5. The second-order valence-electron chi connectivity index (χ2n) is 6.97. The van der Waals surface area contributed by atoms with Crippen LogP contribution < -0.4 is 0 Å². The molecule has 100 valence electrons. The van der Waals surface area contributed by atoms with Gasteiger partial charge in [-0.1, -0.05) is 0 Å². The zero-order valence-corrected chi connectivity index (χ0v) is 11.5. The van der Waals surface area contributed by atoms with Gasteiger partial charge in [0.05, 0.1) is 6.04 Å². The highest BCUT2D eigenvalue weighted by atomic mass is 16.6. The first-order valence-electron chi connectivity index (χ1n) is 6.81. The number of piperidine rings is 1. The summed E-state index contributed by atoms with van der Waals surface area (Å²) in [6.45, 7) is 7.19. The fraction of sp³-hybridized carbons (Fsp3) is 0.857. The van der Waals surface area contributed by atoms with Crippen molar-refractivity contribution in [3.05, 3.63) is 0 Å². The second-order valence-corrected chi connectivity index (χ2v) is 6.97. The van der Waals surface area contributed by atoms with Crippen LogP contribution in [0.3, 0.4) is 0 Å². The normalized spacial score (nSPS) is 40.7. The quantitative estimate of drug-likeness (QED) is 0.718. The molecule has 3 fully saturated rings. The summed E-state index contributed by atoms with van der Waals surface area (Å²) in [6.07, 6.45) is 1.89. The SMILES string of the molecule is CC(=O)C1C2CC(C3CC32)N1C(=O)OC(C)(C)C. The van der Waals surface area contributed by atoms with E-state index in [1.165, 1.54) is 6.42 Å². The zero-order chi connectivity index (χ0) is 13.2. The molecule has 0 aromatic carbocycles. The van der Waals surface area contributed by atoms with E-state index in [1.807, 2.05) is 20.8 Å². The molecule has 0 aromatic rings. The van der Waals surface area contributed by atoms with Crippen LogP contribution in [0.2, 0.25) is 0 Å². The molecule has 18 heavy (non-hydrogen) atoms. The van der Waals surface area contributed by atoms with Gasteiger partial charge in [-0.15, -0.1) is 0 Å². The van der Waals surface area contributed by atoms with E-state index in [9.17, 15) is 9.59 Å². The first kappa shape index (κ1) is 12.0. The summed E-state index contributed by atoms with van der Waals surface area (Å²) in [5.41, 5.74) is -0.497. The monoisotopic (exact) mass is 251 g/mol. The number of carbonyl (C=O) groups excluding carboxylic acids is 2. The van der Waals surface area contributed by atoms with Crippen molar-refractivity contribution in [1.29, 1.82) is 0 Å². The molecule has 2 bridgehead atoms. The highest BCUT2D eigenvalue weighted by Gasteiger charge is 2.67. The fourth-order valence-corrected chi connectivity index (χ4v) is 3.96. The minimum atomic E-state index is -0.497. The largest absolute Gasteiger partial charge is 0.444 e. The molecule has 0 radical (unpaired) electrons. The minimum Gasteiger partial charge on any atom is -0.444 e. The summed E-state index contributed by atoms with van der Waals surface area (Å²) < 4.78 is 5.46. The molecule has 1 amide bonds. The molecular weight excluding hydrogens is 230 g/mol. The molecule has 2 aliphatic carbocycles. The molecule has 1 heterocycles. The van der Waals surface area contributed by atoms with Crippen molar-refractivity contribution < 1.29 is 14.3 Å². The third kappa shape index (κ3) is 1.65. The molecule has 0 spiro atoms. The predicted molar refractivity (Wildman–Crippen MR) is 66.0 cm³/mol. The lowest BCUT2D eigenvalue weighted by Gasteiger charge is -2.34. The van der Waals surface area contributed by atoms with E-state index in [1.54, 1.807) is 11.8 Å². The third-order valence-corrected chi connectivity index (χ3v) is 4.53. The van der Waals surface area contributed by atoms with E-state index < -0.39 is 5.60 Å². The molecule has 0 N–H and O–H groups in total. The predicted octanol–water partition coefficient (Wildman–Crippen LogP) is 2.22. The van der Waals surface area contributed by atoms with Gasteiger partial charge in [0.1, 0.15) is 5.60 Å². The van der Waals surface area contributed by atoms with Crippen LogP contribution in [-0.2, 0) is 9.53 Å². The van der Waals surface area contributed by atoms with Crippen LogP contribution in [0.25, 0.3) is 0 Å². The van der Waals surface area contributed by atoms with Crippen molar-refractivity contribution in [2.24, 2.45) is 17.8 Å². The lowest BCUT2D eigenvalue weighted by atomic mass is 9.94. The average Bonchev–Trinajstić information content (AvgIpc) is 2.81. The summed E-state index contributed by atoms with van der Waals surface area (Å²) in [5.74, 6) is 1.84. The summed E-state index contributed by atoms with van der Waals surface area (Å²) >= 11 is 0. The van der Waals surface area contributed by atoms with Gasteiger partial charge in [-0.3, -0.25) is 9.69 Å². The highest BCUT2D eigenvalue weighted by Crippen LogP contribution is 2.63. The number of likely N-dealkylation sites (tertiary alicyclic amines) is 1. The summed E-state index contributed by atoms with van der Waals surface area (Å²) in [4.78, 5) is 25.9. The number of ether oxygens (including phenoxy) is 1. The van der Waals surface area contributed by atoms with E-state index >= 15 is 0 Å². The lowest BCUT2D eigenvalue weighted by molar-refractivity contribution is -0.123. The van der Waals surface area contributed by atoms with E-state index in [0.717, 1.165) is 6.42 Å². The van der Waals surface area contributed by atoms with Gasteiger partial charge < -0.3 is 4.74 Å². The number of hydrogen-bond acceptors (Lipinski definition) is 3. The van der Waals surface area contributed by atoms with Crippen LogP contribution in [0.15, 0.2) is 0 Å². The van der Waals surface area contributed by atoms with Crippen molar-refractivity contribution >= 4 is 11.9 Å². The van der Waals surface area contributed by atoms with Crippen LogP contribution in [0.1, 0.15) is 40.5 Å². The minimum absolute atomic E-state index is 0.110. The Kier molecular flexibility index (Phi) is 2.32. The Morgan fingerprint density at radius 3 is 2.33 bits per heavy atom. The van der Waals surface area contributed by atoms with Gasteiger partial charge in [0, 0.05) is 6.04 Å². The van der Waals surface area contributed by atoms with Crippen LogP contribution in [0, 0.1) is 17.8 Å². The van der Waals surface area contributed by atoms with E-state index in [0.29, 0.717) is 17.8 Å². The van der Waals surface area contributed by atoms with Crippen molar-refractivity contribution in [2.75, 3.05) is 0 Å². The van der Waals surface area contributed by atoms with Gasteiger partial charge in [0.15, 0.2) is 5.78 Å². The molecular formula is C14H21NO3. The number of amides is 1. The number of fused-ring (bicyclic) bond motifs is 5. The Balaban J connectivity index is 1.82. The molecule has 5 unspecified atom stereocenters. The molecule has 0 aromatic heterocycles. The number of hydrogen-bond donors (Lipinski definition) is 0. The van der Waals surface area contributed by atoms with Gasteiger partial charge in [-0.05, 0) is 58.3 Å². The maximum atomic E-state index is 12.3. The maximum absolute atomic E-state index is 12.3. The Bertz CT molecular complexity index is 412. The Hall–Kier alpha value is -1.06. The fourth-order valence-electron chi connectivity index (χ4n) is 3.96. The Morgan fingerprint density at radius 1 is 1.11 bits per heavy atom. The molecule has 1 saturated heterocycles. The summed E-state index contributed by atoms with van der Waals surface area (Å²) in [6, 6.07) is 0.0253. The van der Waals surface area contributed by atoms with Crippen LogP contribution in [-0.4, -0.2) is 34.5 Å². The Morgan fingerprint density at radius 2 is 1.78 bits per heavy atom. The van der Waals surface area contributed by atoms with Crippen LogP contribution >= 0.6 is 0 Å². The summed E-state index contributed by atoms with van der Waals surface area (Å²) in [7, 11) is 0. The smallest absolute Gasteiger partial charge is 0.411 e. The molecule has 4 nitrogen and oxygen atoms in total. The number of Topliss-reactive ketones (excluding diaryl/α,β-unsaturated/α-hetero) is 1. The number of rotatable bonds is 1. The summed E-state index contributed by atoms with van der Waals surface area (Å²) in [5, 5.41) is 0. The number of ketones is 1. The van der Waals surface area contributed by atoms with E-state index in [4.69, 9.17) is 4.74 Å². The first-order chi connectivity index (χ1) is 8.29. The Labute approximate surface area is 108 Å². The van der Waals surface area contributed by atoms with Crippen molar-refractivity contribution in [3.8, 4) is 0 Å². The molecule has 2 saturated carbocycles. The average molecular weight is 251 g/mol. The van der Waals surface area contributed by atoms with Crippen molar-refractivity contribution in [1.82, 2.24) is 4.90 Å². The van der Waals surface area contributed by atoms with E-state index in [2.05, 4.69) is 0 Å². The number of nitrogens with zero attached hydrogens (tertiary/aromatic N) is 1. The first-order valence-corrected chi connectivity index (χ1v) is 6.81. The van der Waals surface area contributed by atoms with Crippen LogP contribution in [0.5, 0.6) is 0 Å². The van der Waals surface area contributed by atoms with Gasteiger partial charge in [0.25, 0.3) is 0 Å². The molecule has 4 heteroatoms. The lowest BCUT2D eigenvalue weighted by Crippen LogP contribution is -2.51. The molecule has 3 aliphatic rings. The third-order valence-electron chi connectivity index (χ3n) is 4.53. The maximum Gasteiger partial charge on any atom is 0.411 e. The highest BCUT2D eigenvalue weighted by molar-refractivity contribution is 5.87. The molecule has 5 atom stereocenters. The molecule has 3 rings (SSSR count). The van der Waals surface area contributed by atoms with Crippen molar-refractivity contribution in [3.63, 3.8) is 0 Å². The number of carbonyl (C=O) groups is 2. The van der Waals surface area contributed by atoms with Gasteiger partial charge >= 0.3 is 6.09 Å². The standard InChI is InChI=1S/C14H21NO3/c1-7(16)12-10-6-11(9-5-8(9)10)15(12)13(17)18-14(2,3)4/h8-12H,5-6H2,1-4H3. The van der Waals surface area contributed by atoms with Crippen LogP contribution in [0.4, 0.5) is 4.79 Å². The van der Waals surface area contributed by atoms with Crippen molar-refractivity contribution in [2.45, 2.75) is 58.2 Å². The topological polar surface area (TPSA) is 46.6 Å². The van der Waals surface area contributed by atoms with Gasteiger partial charge in [-0.25, -0.2) is 4.79 Å². The van der Waals surface area contributed by atoms with Gasteiger partial charge in [0.2, 0.25) is 0 Å². The molecule has 1 aliphatic heterocycles. The second kappa shape index (κ2) is 3.49. The van der Waals surface area contributed by atoms with Gasteiger partial charge in [-0.2, -0.15) is 0 Å².